The van der Waals surface area contributed by atoms with E-state index in [9.17, 15) is 9.90 Å². The van der Waals surface area contributed by atoms with Gasteiger partial charge in [-0.15, -0.1) is 11.3 Å². The highest BCUT2D eigenvalue weighted by Gasteiger charge is 2.11. The second kappa shape index (κ2) is 7.31. The lowest BCUT2D eigenvalue weighted by molar-refractivity contribution is -0.126. The summed E-state index contributed by atoms with van der Waals surface area (Å²) in [5.41, 5.74) is 1.16. The largest absolute Gasteiger partial charge is 0.389 e. The third-order valence-electron chi connectivity index (χ3n) is 2.50. The molecular weight excluding hydrogens is 250 g/mol. The van der Waals surface area contributed by atoms with Gasteiger partial charge in [0.1, 0.15) is 0 Å². The van der Waals surface area contributed by atoms with Gasteiger partial charge < -0.3 is 14.7 Å². The van der Waals surface area contributed by atoms with Crippen LogP contribution in [0.25, 0.3) is 6.08 Å². The molecule has 1 atom stereocenters. The molecule has 4 nitrogen and oxygen atoms in total. The van der Waals surface area contributed by atoms with Crippen LogP contribution in [0.2, 0.25) is 0 Å². The van der Waals surface area contributed by atoms with Gasteiger partial charge in [0.05, 0.1) is 12.7 Å². The number of carbonyl (C=O) groups is 1. The second-order valence-electron chi connectivity index (χ2n) is 4.13. The van der Waals surface area contributed by atoms with E-state index in [4.69, 9.17) is 4.74 Å². The fourth-order valence-electron chi connectivity index (χ4n) is 1.48. The van der Waals surface area contributed by atoms with E-state index in [1.54, 1.807) is 18.4 Å². The monoisotopic (exact) mass is 269 g/mol. The van der Waals surface area contributed by atoms with Crippen LogP contribution in [-0.2, 0) is 9.53 Å². The highest BCUT2D eigenvalue weighted by molar-refractivity contribution is 7.11. The number of ether oxygens (including phenoxy) is 1. The normalized spacial score (nSPS) is 12.9. The molecule has 0 bridgehead atoms. The molecule has 1 N–H and O–H groups in total. The number of methoxy groups -OCH3 is 1. The minimum atomic E-state index is -0.652. The number of aliphatic hydroxyl groups excluding tert-OH is 1. The molecule has 18 heavy (non-hydrogen) atoms. The maximum atomic E-state index is 11.8. The average molecular weight is 269 g/mol. The zero-order valence-corrected chi connectivity index (χ0v) is 11.7. The van der Waals surface area contributed by atoms with Gasteiger partial charge >= 0.3 is 0 Å². The second-order valence-corrected chi connectivity index (χ2v) is 5.08. The minimum absolute atomic E-state index is 0.127. The van der Waals surface area contributed by atoms with Crippen molar-refractivity contribution < 1.29 is 14.6 Å². The Labute approximate surface area is 111 Å². The molecule has 0 aliphatic heterocycles. The van der Waals surface area contributed by atoms with Crippen LogP contribution < -0.4 is 0 Å². The van der Waals surface area contributed by atoms with Crippen molar-refractivity contribution in [3.8, 4) is 0 Å². The molecule has 1 heterocycles. The molecule has 1 aromatic rings. The molecule has 1 amide bonds. The van der Waals surface area contributed by atoms with E-state index in [-0.39, 0.29) is 19.1 Å². The third-order valence-corrected chi connectivity index (χ3v) is 3.48. The fraction of sp³-hybridized carbons (Fsp3) is 0.462. The molecule has 0 spiro atoms. The molecule has 0 saturated carbocycles. The Bertz CT molecular complexity index is 414. The summed E-state index contributed by atoms with van der Waals surface area (Å²) in [5.74, 6) is -0.127. The van der Waals surface area contributed by atoms with Gasteiger partial charge in [-0.05, 0) is 30.0 Å². The Hall–Kier alpha value is -1.17. The number of thiophene rings is 1. The number of amides is 1. The molecule has 1 aromatic heterocycles. The quantitative estimate of drug-likeness (QED) is 0.797. The van der Waals surface area contributed by atoms with Crippen LogP contribution in [-0.4, -0.2) is 49.3 Å². The van der Waals surface area contributed by atoms with E-state index >= 15 is 0 Å². The molecule has 1 unspecified atom stereocenters. The van der Waals surface area contributed by atoms with Crippen molar-refractivity contribution in [3.05, 3.63) is 28.0 Å². The van der Waals surface area contributed by atoms with Gasteiger partial charge in [0, 0.05) is 31.7 Å². The molecule has 0 aromatic carbocycles. The summed E-state index contributed by atoms with van der Waals surface area (Å²) in [6, 6.07) is 2.01. The van der Waals surface area contributed by atoms with Crippen LogP contribution >= 0.6 is 11.3 Å². The zero-order chi connectivity index (χ0) is 13.5. The lowest BCUT2D eigenvalue weighted by Gasteiger charge is -2.18. The molecule has 5 heteroatoms. The molecule has 0 radical (unpaired) electrons. The topological polar surface area (TPSA) is 49.8 Å². The summed E-state index contributed by atoms with van der Waals surface area (Å²) in [4.78, 5) is 14.3. The van der Waals surface area contributed by atoms with Crippen LogP contribution in [0.5, 0.6) is 0 Å². The summed E-state index contributed by atoms with van der Waals surface area (Å²) in [5, 5.41) is 11.5. The van der Waals surface area contributed by atoms with Crippen LogP contribution in [0.3, 0.4) is 0 Å². The summed E-state index contributed by atoms with van der Waals surface area (Å²) in [6.07, 6.45) is 2.68. The van der Waals surface area contributed by atoms with Gasteiger partial charge in [0.2, 0.25) is 5.91 Å². The van der Waals surface area contributed by atoms with Crippen molar-refractivity contribution >= 4 is 23.3 Å². The van der Waals surface area contributed by atoms with Crippen molar-refractivity contribution in [1.82, 2.24) is 4.90 Å². The van der Waals surface area contributed by atoms with Gasteiger partial charge in [-0.2, -0.15) is 0 Å². The van der Waals surface area contributed by atoms with Crippen molar-refractivity contribution in [3.63, 3.8) is 0 Å². The van der Waals surface area contributed by atoms with E-state index in [1.165, 1.54) is 18.1 Å². The Balaban J connectivity index is 2.50. The Morgan fingerprint density at radius 3 is 2.94 bits per heavy atom. The number of aryl methyl sites for hydroxylation is 1. The standard InChI is InChI=1S/C13H19NO3S/c1-10-6-7-18-12(10)4-5-13(16)14(2)8-11(15)9-17-3/h4-7,11,15H,8-9H2,1-3H3/b5-4+. The predicted octanol–water partition coefficient (Wildman–Crippen LogP) is 1.54. The fourth-order valence-corrected chi connectivity index (χ4v) is 2.30. The van der Waals surface area contributed by atoms with E-state index in [0.29, 0.717) is 0 Å². The third kappa shape index (κ3) is 4.60. The number of nitrogens with zero attached hydrogens (tertiary/aromatic N) is 1. The zero-order valence-electron chi connectivity index (χ0n) is 10.9. The molecular formula is C13H19NO3S. The number of hydrogen-bond donors (Lipinski definition) is 1. The summed E-state index contributed by atoms with van der Waals surface area (Å²) >= 11 is 1.60. The van der Waals surface area contributed by atoms with Crippen LogP contribution in [0.1, 0.15) is 10.4 Å². The maximum Gasteiger partial charge on any atom is 0.246 e. The number of likely N-dealkylation sites (N-methyl/N-ethyl adjacent to an activating group) is 1. The van der Waals surface area contributed by atoms with Crippen molar-refractivity contribution in [2.75, 3.05) is 27.3 Å². The lowest BCUT2D eigenvalue weighted by Crippen LogP contribution is -2.35. The molecule has 0 aliphatic rings. The van der Waals surface area contributed by atoms with Crippen LogP contribution in [0, 0.1) is 6.92 Å². The van der Waals surface area contributed by atoms with Gasteiger partial charge in [0.25, 0.3) is 0 Å². The smallest absolute Gasteiger partial charge is 0.246 e. The number of aliphatic hydroxyl groups is 1. The first-order valence-corrected chi connectivity index (χ1v) is 6.56. The Morgan fingerprint density at radius 2 is 2.39 bits per heavy atom. The molecule has 0 fully saturated rings. The molecule has 0 saturated heterocycles. The van der Waals surface area contributed by atoms with Crippen molar-refractivity contribution in [1.29, 1.82) is 0 Å². The molecule has 100 valence electrons. The summed E-state index contributed by atoms with van der Waals surface area (Å²) in [6.45, 7) is 2.50. The van der Waals surface area contributed by atoms with Gasteiger partial charge in [0.15, 0.2) is 0 Å². The average Bonchev–Trinajstić information content (AvgIpc) is 2.72. The van der Waals surface area contributed by atoms with Crippen LogP contribution in [0.15, 0.2) is 17.5 Å². The SMILES string of the molecule is COCC(O)CN(C)C(=O)/C=C/c1sccc1C. The van der Waals surface area contributed by atoms with E-state index in [0.717, 1.165) is 10.4 Å². The molecule has 1 rings (SSSR count). The summed E-state index contributed by atoms with van der Waals surface area (Å²) < 4.78 is 4.81. The number of rotatable bonds is 6. The van der Waals surface area contributed by atoms with E-state index in [2.05, 4.69) is 0 Å². The van der Waals surface area contributed by atoms with Gasteiger partial charge in [-0.1, -0.05) is 0 Å². The van der Waals surface area contributed by atoms with Crippen LogP contribution in [0.4, 0.5) is 0 Å². The molecule has 0 aliphatic carbocycles. The number of hydrogen-bond acceptors (Lipinski definition) is 4. The first-order valence-electron chi connectivity index (χ1n) is 5.69. The Kier molecular flexibility index (Phi) is 6.04. The van der Waals surface area contributed by atoms with Crippen molar-refractivity contribution in [2.45, 2.75) is 13.0 Å². The van der Waals surface area contributed by atoms with E-state index < -0.39 is 6.10 Å². The highest BCUT2D eigenvalue weighted by atomic mass is 32.1. The maximum absolute atomic E-state index is 11.8. The predicted molar refractivity (Wildman–Crippen MR) is 73.6 cm³/mol. The Morgan fingerprint density at radius 1 is 1.67 bits per heavy atom. The van der Waals surface area contributed by atoms with E-state index in [1.807, 2.05) is 24.4 Å². The highest BCUT2D eigenvalue weighted by Crippen LogP contribution is 2.17. The van der Waals surface area contributed by atoms with Crippen molar-refractivity contribution in [2.24, 2.45) is 0 Å². The lowest BCUT2D eigenvalue weighted by atomic mass is 10.2. The van der Waals surface area contributed by atoms with Gasteiger partial charge in [-0.25, -0.2) is 0 Å². The van der Waals surface area contributed by atoms with Gasteiger partial charge in [-0.3, -0.25) is 4.79 Å². The minimum Gasteiger partial charge on any atom is -0.389 e. The first kappa shape index (κ1) is 14.9. The number of carbonyl (C=O) groups excluding carboxylic acids is 1. The first-order chi connectivity index (χ1) is 8.54. The summed E-state index contributed by atoms with van der Waals surface area (Å²) in [7, 11) is 3.18.